The summed E-state index contributed by atoms with van der Waals surface area (Å²) in [6.07, 6.45) is 0. The summed E-state index contributed by atoms with van der Waals surface area (Å²) < 4.78 is 5.17. The summed E-state index contributed by atoms with van der Waals surface area (Å²) in [5, 5.41) is 5.78. The molecule has 5 nitrogen and oxygen atoms in total. The molecule has 1 unspecified atom stereocenters. The molecule has 0 heterocycles. The largest absolute Gasteiger partial charge is 0.497 e. The van der Waals surface area contributed by atoms with Crippen molar-refractivity contribution < 1.29 is 9.53 Å². The zero-order valence-corrected chi connectivity index (χ0v) is 13.6. The summed E-state index contributed by atoms with van der Waals surface area (Å²) in [5.41, 5.74) is 1.14. The monoisotopic (exact) mass is 293 g/mol. The first-order valence-corrected chi connectivity index (χ1v) is 7.26. The lowest BCUT2D eigenvalue weighted by molar-refractivity contribution is 0.231. The lowest BCUT2D eigenvalue weighted by Crippen LogP contribution is -2.41. The third kappa shape index (κ3) is 6.04. The Balaban J connectivity index is 2.59. The average Bonchev–Trinajstić information content (AvgIpc) is 2.45. The Morgan fingerprint density at radius 3 is 2.19 bits per heavy atom. The predicted octanol–water partition coefficient (Wildman–Crippen LogP) is 2.25. The van der Waals surface area contributed by atoms with Crippen LogP contribution in [0.5, 0.6) is 5.75 Å². The molecule has 1 aromatic carbocycles. The Hall–Kier alpha value is -1.75. The Kier molecular flexibility index (Phi) is 7.02. The van der Waals surface area contributed by atoms with Gasteiger partial charge in [0.1, 0.15) is 5.75 Å². The van der Waals surface area contributed by atoms with Gasteiger partial charge in [0, 0.05) is 13.1 Å². The van der Waals surface area contributed by atoms with Crippen molar-refractivity contribution in [1.82, 2.24) is 15.5 Å². The predicted molar refractivity (Wildman–Crippen MR) is 85.7 cm³/mol. The van der Waals surface area contributed by atoms with E-state index in [4.69, 9.17) is 4.74 Å². The molecule has 2 N–H and O–H groups in total. The maximum atomic E-state index is 11.7. The van der Waals surface area contributed by atoms with Crippen LogP contribution in [0.15, 0.2) is 24.3 Å². The fourth-order valence-corrected chi connectivity index (χ4v) is 1.97. The number of carbonyl (C=O) groups excluding carboxylic acids is 1. The van der Waals surface area contributed by atoms with Crippen molar-refractivity contribution in [1.29, 1.82) is 0 Å². The molecule has 0 bridgehead atoms. The molecule has 0 aliphatic heterocycles. The van der Waals surface area contributed by atoms with Crippen molar-refractivity contribution in [2.45, 2.75) is 19.9 Å². The number of amides is 2. The molecule has 0 radical (unpaired) electrons. The van der Waals surface area contributed by atoms with E-state index in [0.29, 0.717) is 19.0 Å². The van der Waals surface area contributed by atoms with E-state index in [2.05, 4.69) is 29.4 Å². The summed E-state index contributed by atoms with van der Waals surface area (Å²) in [7, 11) is 5.66. The third-order valence-corrected chi connectivity index (χ3v) is 3.25. The summed E-state index contributed by atoms with van der Waals surface area (Å²) in [6, 6.07) is 7.92. The quantitative estimate of drug-likeness (QED) is 0.811. The second kappa shape index (κ2) is 8.52. The molecule has 0 aliphatic carbocycles. The van der Waals surface area contributed by atoms with Crippen LogP contribution >= 0.6 is 0 Å². The van der Waals surface area contributed by atoms with Crippen LogP contribution in [-0.2, 0) is 0 Å². The molecule has 2 amide bonds. The van der Waals surface area contributed by atoms with E-state index in [9.17, 15) is 4.79 Å². The summed E-state index contributed by atoms with van der Waals surface area (Å²) in [5.74, 6) is 1.28. The van der Waals surface area contributed by atoms with Crippen LogP contribution in [0.25, 0.3) is 0 Å². The highest BCUT2D eigenvalue weighted by Gasteiger charge is 2.15. The minimum atomic E-state index is -0.121. The lowest BCUT2D eigenvalue weighted by Gasteiger charge is -2.25. The normalized spacial score (nSPS) is 12.3. The van der Waals surface area contributed by atoms with Crippen molar-refractivity contribution in [2.24, 2.45) is 5.92 Å². The van der Waals surface area contributed by atoms with Crippen molar-refractivity contribution in [2.75, 3.05) is 34.3 Å². The molecular weight excluding hydrogens is 266 g/mol. The molecule has 0 saturated heterocycles. The lowest BCUT2D eigenvalue weighted by atomic mass is 10.1. The van der Waals surface area contributed by atoms with E-state index in [0.717, 1.165) is 11.3 Å². The molecule has 0 spiro atoms. The second-order valence-corrected chi connectivity index (χ2v) is 5.74. The molecule has 1 aromatic rings. The van der Waals surface area contributed by atoms with Gasteiger partial charge in [-0.3, -0.25) is 0 Å². The number of ether oxygens (including phenoxy) is 1. The first-order chi connectivity index (χ1) is 9.93. The van der Waals surface area contributed by atoms with Gasteiger partial charge in [0.15, 0.2) is 0 Å². The van der Waals surface area contributed by atoms with Crippen LogP contribution in [0, 0.1) is 5.92 Å². The van der Waals surface area contributed by atoms with Crippen LogP contribution in [0.1, 0.15) is 25.5 Å². The molecule has 0 aromatic heterocycles. The van der Waals surface area contributed by atoms with Crippen molar-refractivity contribution in [3.63, 3.8) is 0 Å². The van der Waals surface area contributed by atoms with Gasteiger partial charge in [-0.1, -0.05) is 26.0 Å². The standard InChI is InChI=1S/C16H27N3O2/c1-12(2)10-17-16(20)18-11-15(19(3)4)13-6-8-14(21-5)9-7-13/h6-9,12,15H,10-11H2,1-5H3,(H2,17,18,20). The van der Waals surface area contributed by atoms with Crippen LogP contribution in [0.4, 0.5) is 4.79 Å². The topological polar surface area (TPSA) is 53.6 Å². The van der Waals surface area contributed by atoms with Crippen LogP contribution in [0.2, 0.25) is 0 Å². The number of rotatable bonds is 7. The maximum Gasteiger partial charge on any atom is 0.314 e. The van der Waals surface area contributed by atoms with Crippen molar-refractivity contribution in [3.05, 3.63) is 29.8 Å². The molecule has 21 heavy (non-hydrogen) atoms. The Morgan fingerprint density at radius 1 is 1.14 bits per heavy atom. The van der Waals surface area contributed by atoms with Crippen LogP contribution < -0.4 is 15.4 Å². The minimum absolute atomic E-state index is 0.121. The smallest absolute Gasteiger partial charge is 0.314 e. The molecule has 1 atom stereocenters. The zero-order chi connectivity index (χ0) is 15.8. The maximum absolute atomic E-state index is 11.7. The van der Waals surface area contributed by atoms with E-state index >= 15 is 0 Å². The molecule has 5 heteroatoms. The SMILES string of the molecule is COc1ccc(C(CNC(=O)NCC(C)C)N(C)C)cc1. The fraction of sp³-hybridized carbons (Fsp3) is 0.562. The molecule has 0 saturated carbocycles. The summed E-state index contributed by atoms with van der Waals surface area (Å²) in [6.45, 7) is 5.38. The number of nitrogens with zero attached hydrogens (tertiary/aromatic N) is 1. The molecular formula is C16H27N3O2. The van der Waals surface area contributed by atoms with Gasteiger partial charge in [0.05, 0.1) is 13.2 Å². The fourth-order valence-electron chi connectivity index (χ4n) is 1.97. The van der Waals surface area contributed by atoms with Gasteiger partial charge >= 0.3 is 6.03 Å². The highest BCUT2D eigenvalue weighted by atomic mass is 16.5. The van der Waals surface area contributed by atoms with Gasteiger partial charge in [-0.25, -0.2) is 4.79 Å². The molecule has 1 rings (SSSR count). The number of hydrogen-bond acceptors (Lipinski definition) is 3. The molecule has 118 valence electrons. The van der Waals surface area contributed by atoms with E-state index in [1.807, 2.05) is 38.4 Å². The van der Waals surface area contributed by atoms with Gasteiger partial charge in [0.2, 0.25) is 0 Å². The van der Waals surface area contributed by atoms with Crippen molar-refractivity contribution >= 4 is 6.03 Å². The number of benzene rings is 1. The van der Waals surface area contributed by atoms with E-state index in [1.54, 1.807) is 7.11 Å². The Labute approximate surface area is 127 Å². The van der Waals surface area contributed by atoms with E-state index < -0.39 is 0 Å². The Bertz CT molecular complexity index is 430. The van der Waals surface area contributed by atoms with Gasteiger partial charge < -0.3 is 20.3 Å². The molecule has 0 fully saturated rings. The Morgan fingerprint density at radius 2 is 1.71 bits per heavy atom. The van der Waals surface area contributed by atoms with Crippen LogP contribution in [-0.4, -0.2) is 45.2 Å². The zero-order valence-electron chi connectivity index (χ0n) is 13.6. The number of methoxy groups -OCH3 is 1. The number of hydrogen-bond donors (Lipinski definition) is 2. The average molecular weight is 293 g/mol. The first-order valence-electron chi connectivity index (χ1n) is 7.26. The summed E-state index contributed by atoms with van der Waals surface area (Å²) >= 11 is 0. The van der Waals surface area contributed by atoms with E-state index in [1.165, 1.54) is 0 Å². The van der Waals surface area contributed by atoms with Crippen LogP contribution in [0.3, 0.4) is 0 Å². The second-order valence-electron chi connectivity index (χ2n) is 5.74. The highest BCUT2D eigenvalue weighted by Crippen LogP contribution is 2.20. The van der Waals surface area contributed by atoms with Gasteiger partial charge in [-0.2, -0.15) is 0 Å². The summed E-state index contributed by atoms with van der Waals surface area (Å²) in [4.78, 5) is 13.8. The number of urea groups is 1. The van der Waals surface area contributed by atoms with Crippen molar-refractivity contribution in [3.8, 4) is 5.75 Å². The first kappa shape index (κ1) is 17.3. The molecule has 0 aliphatic rings. The minimum Gasteiger partial charge on any atom is -0.497 e. The number of carbonyl (C=O) groups is 1. The number of nitrogens with one attached hydrogen (secondary N) is 2. The van der Waals surface area contributed by atoms with Gasteiger partial charge in [0.25, 0.3) is 0 Å². The third-order valence-electron chi connectivity index (χ3n) is 3.25. The van der Waals surface area contributed by atoms with Gasteiger partial charge in [-0.15, -0.1) is 0 Å². The number of likely N-dealkylation sites (N-methyl/N-ethyl adjacent to an activating group) is 1. The van der Waals surface area contributed by atoms with E-state index in [-0.39, 0.29) is 12.1 Å². The highest BCUT2D eigenvalue weighted by molar-refractivity contribution is 5.73. The van der Waals surface area contributed by atoms with Gasteiger partial charge in [-0.05, 0) is 37.7 Å².